The van der Waals surface area contributed by atoms with Gasteiger partial charge in [-0.1, -0.05) is 44.2 Å². The summed E-state index contributed by atoms with van der Waals surface area (Å²) in [5.41, 5.74) is 1.14. The molecule has 16 heavy (non-hydrogen) atoms. The van der Waals surface area contributed by atoms with Gasteiger partial charge in [-0.3, -0.25) is 4.79 Å². The number of benzene rings is 1. The normalized spacial score (nSPS) is 10.5. The Bertz CT molecular complexity index is 324. The summed E-state index contributed by atoms with van der Waals surface area (Å²) in [4.78, 5) is 13.7. The minimum Gasteiger partial charge on any atom is -0.337 e. The minimum atomic E-state index is 0.0203. The molecule has 0 bridgehead atoms. The van der Waals surface area contributed by atoms with Crippen LogP contribution in [-0.2, 0) is 11.3 Å². The van der Waals surface area contributed by atoms with Crippen LogP contribution in [0, 0.1) is 5.92 Å². The van der Waals surface area contributed by atoms with Gasteiger partial charge in [0.05, 0.1) is 0 Å². The number of amides is 1. The fraction of sp³-hybridized carbons (Fsp3) is 0.462. The van der Waals surface area contributed by atoms with Gasteiger partial charge >= 0.3 is 0 Å². The van der Waals surface area contributed by atoms with Crippen LogP contribution in [0.3, 0.4) is 0 Å². The molecule has 0 aliphatic carbocycles. The van der Waals surface area contributed by atoms with Crippen molar-refractivity contribution in [3.05, 3.63) is 35.9 Å². The number of hydrogen-bond donors (Lipinski definition) is 0. The van der Waals surface area contributed by atoms with Crippen LogP contribution in [0.25, 0.3) is 0 Å². The molecule has 3 heteroatoms. The van der Waals surface area contributed by atoms with Crippen molar-refractivity contribution in [2.24, 2.45) is 5.92 Å². The summed E-state index contributed by atoms with van der Waals surface area (Å²) < 4.78 is 0. The number of halogens is 1. The largest absolute Gasteiger partial charge is 0.337 e. The minimum absolute atomic E-state index is 0.0203. The fourth-order valence-corrected chi connectivity index (χ4v) is 1.74. The van der Waals surface area contributed by atoms with Crippen LogP contribution in [0.15, 0.2) is 30.3 Å². The van der Waals surface area contributed by atoms with Crippen molar-refractivity contribution in [2.45, 2.75) is 20.4 Å². The van der Waals surface area contributed by atoms with E-state index in [-0.39, 0.29) is 11.8 Å². The lowest BCUT2D eigenvalue weighted by atomic mass is 10.1. The molecule has 0 atom stereocenters. The Labute approximate surface area is 102 Å². The molecule has 0 fully saturated rings. The zero-order chi connectivity index (χ0) is 12.0. The molecule has 0 aromatic heterocycles. The summed E-state index contributed by atoms with van der Waals surface area (Å²) in [6, 6.07) is 9.98. The quantitative estimate of drug-likeness (QED) is 0.724. The Hall–Kier alpha value is -1.02. The van der Waals surface area contributed by atoms with Crippen molar-refractivity contribution in [3.63, 3.8) is 0 Å². The van der Waals surface area contributed by atoms with E-state index in [9.17, 15) is 4.79 Å². The van der Waals surface area contributed by atoms with Gasteiger partial charge in [-0.2, -0.15) is 0 Å². The molecular weight excluding hydrogens is 222 g/mol. The summed E-state index contributed by atoms with van der Waals surface area (Å²) in [6.07, 6.45) is 0. The van der Waals surface area contributed by atoms with E-state index in [0.717, 1.165) is 5.56 Å². The van der Waals surface area contributed by atoms with Crippen molar-refractivity contribution < 1.29 is 4.79 Å². The second-order valence-corrected chi connectivity index (χ2v) is 4.47. The van der Waals surface area contributed by atoms with Gasteiger partial charge in [0.1, 0.15) is 0 Å². The summed E-state index contributed by atoms with van der Waals surface area (Å²) in [7, 11) is 0. The Morgan fingerprint density at radius 3 is 2.44 bits per heavy atom. The monoisotopic (exact) mass is 239 g/mol. The van der Waals surface area contributed by atoms with Gasteiger partial charge in [0, 0.05) is 24.9 Å². The van der Waals surface area contributed by atoms with Crippen LogP contribution in [0.5, 0.6) is 0 Å². The third-order valence-corrected chi connectivity index (χ3v) is 2.55. The Balaban J connectivity index is 2.68. The van der Waals surface area contributed by atoms with E-state index in [1.54, 1.807) is 0 Å². The summed E-state index contributed by atoms with van der Waals surface area (Å²) in [5, 5.41) is 0. The molecule has 1 aromatic carbocycles. The number of carbonyl (C=O) groups excluding carboxylic acids is 1. The van der Waals surface area contributed by atoms with E-state index in [1.165, 1.54) is 0 Å². The van der Waals surface area contributed by atoms with E-state index in [1.807, 2.05) is 49.1 Å². The van der Waals surface area contributed by atoms with Crippen LogP contribution >= 0.6 is 11.6 Å². The molecule has 0 saturated carbocycles. The number of hydrogen-bond acceptors (Lipinski definition) is 1. The maximum atomic E-state index is 11.9. The standard InChI is InChI=1S/C13H18ClNO/c1-11(2)13(16)15(9-8-14)10-12-6-4-3-5-7-12/h3-7,11H,8-10H2,1-2H3. The zero-order valence-corrected chi connectivity index (χ0v) is 10.6. The number of alkyl halides is 1. The molecule has 0 aliphatic heterocycles. The first-order valence-electron chi connectivity index (χ1n) is 5.54. The molecule has 0 radical (unpaired) electrons. The molecule has 0 N–H and O–H groups in total. The van der Waals surface area contributed by atoms with Crippen LogP contribution in [0.1, 0.15) is 19.4 Å². The van der Waals surface area contributed by atoms with Gasteiger partial charge in [-0.05, 0) is 5.56 Å². The first-order valence-corrected chi connectivity index (χ1v) is 6.07. The highest BCUT2D eigenvalue weighted by Gasteiger charge is 2.16. The Morgan fingerprint density at radius 1 is 1.31 bits per heavy atom. The predicted molar refractivity (Wildman–Crippen MR) is 67.4 cm³/mol. The lowest BCUT2D eigenvalue weighted by molar-refractivity contribution is -0.134. The van der Waals surface area contributed by atoms with Crippen molar-refractivity contribution in [2.75, 3.05) is 12.4 Å². The SMILES string of the molecule is CC(C)C(=O)N(CCCl)Cc1ccccc1. The van der Waals surface area contributed by atoms with Crippen LogP contribution in [-0.4, -0.2) is 23.2 Å². The zero-order valence-electron chi connectivity index (χ0n) is 9.82. The lowest BCUT2D eigenvalue weighted by Gasteiger charge is -2.23. The molecule has 1 amide bonds. The highest BCUT2D eigenvalue weighted by Crippen LogP contribution is 2.08. The third-order valence-electron chi connectivity index (χ3n) is 2.38. The van der Waals surface area contributed by atoms with Crippen molar-refractivity contribution in [3.8, 4) is 0 Å². The first kappa shape index (κ1) is 13.0. The van der Waals surface area contributed by atoms with E-state index in [0.29, 0.717) is 19.0 Å². The molecule has 1 rings (SSSR count). The molecule has 0 saturated heterocycles. The van der Waals surface area contributed by atoms with Gasteiger partial charge in [-0.15, -0.1) is 11.6 Å². The van der Waals surface area contributed by atoms with Crippen molar-refractivity contribution in [1.29, 1.82) is 0 Å². The van der Waals surface area contributed by atoms with Crippen LogP contribution in [0.2, 0.25) is 0 Å². The summed E-state index contributed by atoms with van der Waals surface area (Å²) in [6.45, 7) is 5.07. The van der Waals surface area contributed by atoms with Crippen molar-refractivity contribution >= 4 is 17.5 Å². The summed E-state index contributed by atoms with van der Waals surface area (Å²) >= 11 is 5.72. The molecule has 88 valence electrons. The van der Waals surface area contributed by atoms with Gasteiger partial charge in [0.15, 0.2) is 0 Å². The Morgan fingerprint density at radius 2 is 1.94 bits per heavy atom. The lowest BCUT2D eigenvalue weighted by Crippen LogP contribution is -2.35. The van der Waals surface area contributed by atoms with Crippen LogP contribution in [0.4, 0.5) is 0 Å². The predicted octanol–water partition coefficient (Wildman–Crippen LogP) is 2.91. The van der Waals surface area contributed by atoms with Gasteiger partial charge < -0.3 is 4.90 Å². The number of rotatable bonds is 5. The molecule has 0 spiro atoms. The number of carbonyl (C=O) groups is 1. The molecule has 0 unspecified atom stereocenters. The second-order valence-electron chi connectivity index (χ2n) is 4.09. The maximum absolute atomic E-state index is 11.9. The van der Waals surface area contributed by atoms with Crippen molar-refractivity contribution in [1.82, 2.24) is 4.90 Å². The smallest absolute Gasteiger partial charge is 0.225 e. The maximum Gasteiger partial charge on any atom is 0.225 e. The Kier molecular flexibility index (Phi) is 5.33. The molecule has 0 heterocycles. The average molecular weight is 240 g/mol. The fourth-order valence-electron chi connectivity index (χ4n) is 1.54. The molecule has 2 nitrogen and oxygen atoms in total. The summed E-state index contributed by atoms with van der Waals surface area (Å²) in [5.74, 6) is 0.655. The number of nitrogens with zero attached hydrogens (tertiary/aromatic N) is 1. The second kappa shape index (κ2) is 6.54. The van der Waals surface area contributed by atoms with E-state index in [2.05, 4.69) is 0 Å². The molecular formula is C13H18ClNO. The first-order chi connectivity index (χ1) is 7.65. The highest BCUT2D eigenvalue weighted by atomic mass is 35.5. The van der Waals surface area contributed by atoms with E-state index in [4.69, 9.17) is 11.6 Å². The topological polar surface area (TPSA) is 20.3 Å². The molecule has 0 aliphatic rings. The average Bonchev–Trinajstić information content (AvgIpc) is 2.29. The van der Waals surface area contributed by atoms with Gasteiger partial charge in [0.25, 0.3) is 0 Å². The highest BCUT2D eigenvalue weighted by molar-refractivity contribution is 6.18. The molecule has 1 aromatic rings. The third kappa shape index (κ3) is 3.86. The van der Waals surface area contributed by atoms with Gasteiger partial charge in [-0.25, -0.2) is 0 Å². The van der Waals surface area contributed by atoms with Gasteiger partial charge in [0.2, 0.25) is 5.91 Å². The van der Waals surface area contributed by atoms with Crippen LogP contribution < -0.4 is 0 Å². The van der Waals surface area contributed by atoms with E-state index >= 15 is 0 Å². The van der Waals surface area contributed by atoms with E-state index < -0.39 is 0 Å².